The fourth-order valence-corrected chi connectivity index (χ4v) is 4.24. The van der Waals surface area contributed by atoms with E-state index in [9.17, 15) is 9.59 Å². The van der Waals surface area contributed by atoms with E-state index in [4.69, 9.17) is 26.2 Å². The summed E-state index contributed by atoms with van der Waals surface area (Å²) < 4.78 is 13.7. The lowest BCUT2D eigenvalue weighted by molar-refractivity contribution is -0.116. The van der Waals surface area contributed by atoms with Crippen LogP contribution >= 0.6 is 11.6 Å². The number of halogens is 1. The van der Waals surface area contributed by atoms with Crippen LogP contribution in [-0.4, -0.2) is 34.5 Å². The lowest BCUT2D eigenvalue weighted by atomic mass is 10.1. The molecule has 4 aromatic rings. The van der Waals surface area contributed by atoms with Crippen LogP contribution in [0.5, 0.6) is 11.5 Å². The summed E-state index contributed by atoms with van der Waals surface area (Å²) in [5, 5.41) is 8.93. The third-order valence-electron chi connectivity index (χ3n) is 5.73. The van der Waals surface area contributed by atoms with Crippen LogP contribution in [-0.2, 0) is 11.3 Å². The van der Waals surface area contributed by atoms with Crippen LogP contribution in [0.15, 0.2) is 47.3 Å². The van der Waals surface area contributed by atoms with Gasteiger partial charge in [0.1, 0.15) is 12.2 Å². The summed E-state index contributed by atoms with van der Waals surface area (Å²) in [6, 6.07) is 12.1. The minimum atomic E-state index is -0.368. The number of hydrogen-bond acceptors (Lipinski definition) is 5. The third-order valence-corrected chi connectivity index (χ3v) is 6.14. The number of benzene rings is 2. The Labute approximate surface area is 201 Å². The lowest BCUT2D eigenvalue weighted by Gasteiger charge is -2.15. The molecular formula is C25H25ClN4O4. The van der Waals surface area contributed by atoms with Gasteiger partial charge in [-0.15, -0.1) is 0 Å². The number of anilines is 1. The molecule has 2 aromatic heterocycles. The highest BCUT2D eigenvalue weighted by Gasteiger charge is 2.20. The number of amides is 1. The molecule has 1 N–H and O–H groups in total. The van der Waals surface area contributed by atoms with Crippen LogP contribution in [0, 0.1) is 20.8 Å². The number of aromatic nitrogens is 3. The first-order chi connectivity index (χ1) is 16.2. The van der Waals surface area contributed by atoms with Crippen molar-refractivity contribution in [3.05, 3.63) is 74.7 Å². The number of nitrogens with zero attached hydrogens (tertiary/aromatic N) is 3. The first kappa shape index (κ1) is 23.4. The maximum absolute atomic E-state index is 13.0. The summed E-state index contributed by atoms with van der Waals surface area (Å²) in [5.74, 6) is 0.668. The van der Waals surface area contributed by atoms with Crippen molar-refractivity contribution in [3.63, 3.8) is 0 Å². The van der Waals surface area contributed by atoms with Crippen molar-refractivity contribution < 1.29 is 14.3 Å². The number of rotatable bonds is 6. The molecule has 1 amide bonds. The molecule has 2 heterocycles. The fraction of sp³-hybridized carbons (Fsp3) is 0.240. The Morgan fingerprint density at radius 3 is 2.50 bits per heavy atom. The van der Waals surface area contributed by atoms with Crippen molar-refractivity contribution in [1.29, 1.82) is 0 Å². The Bertz CT molecular complexity index is 1470. The Morgan fingerprint density at radius 2 is 1.79 bits per heavy atom. The van der Waals surface area contributed by atoms with Gasteiger partial charge in [0.25, 0.3) is 5.56 Å². The van der Waals surface area contributed by atoms with Gasteiger partial charge in [-0.1, -0.05) is 17.7 Å². The zero-order chi connectivity index (χ0) is 24.6. The molecule has 176 valence electrons. The number of fused-ring (bicyclic) bond motifs is 1. The number of aryl methyl sites for hydroxylation is 2. The number of hydrogen-bond donors (Lipinski definition) is 1. The van der Waals surface area contributed by atoms with E-state index >= 15 is 0 Å². The topological polar surface area (TPSA) is 87.4 Å². The second kappa shape index (κ2) is 9.23. The molecule has 34 heavy (non-hydrogen) atoms. The summed E-state index contributed by atoms with van der Waals surface area (Å²) in [5.41, 5.74) is 3.87. The molecule has 2 aromatic carbocycles. The molecule has 0 bridgehead atoms. The monoisotopic (exact) mass is 480 g/mol. The van der Waals surface area contributed by atoms with Gasteiger partial charge in [0.2, 0.25) is 5.91 Å². The Kier molecular flexibility index (Phi) is 6.34. The van der Waals surface area contributed by atoms with Crippen LogP contribution in [0.2, 0.25) is 5.02 Å². The number of methoxy groups -OCH3 is 2. The van der Waals surface area contributed by atoms with Gasteiger partial charge in [0.15, 0.2) is 11.5 Å². The van der Waals surface area contributed by atoms with E-state index in [1.807, 2.05) is 32.9 Å². The van der Waals surface area contributed by atoms with Gasteiger partial charge in [0, 0.05) is 28.2 Å². The minimum absolute atomic E-state index is 0.200. The number of ether oxygens (including phenoxy) is 2. The molecule has 0 aliphatic rings. The van der Waals surface area contributed by atoms with E-state index in [1.54, 1.807) is 28.9 Å². The molecule has 0 radical (unpaired) electrons. The first-order valence-corrected chi connectivity index (χ1v) is 11.0. The van der Waals surface area contributed by atoms with Crippen molar-refractivity contribution in [2.75, 3.05) is 19.5 Å². The summed E-state index contributed by atoms with van der Waals surface area (Å²) in [6.45, 7) is 5.43. The number of nitrogens with one attached hydrogen (secondary N) is 1. The summed E-state index contributed by atoms with van der Waals surface area (Å²) >= 11 is 6.35. The highest BCUT2D eigenvalue weighted by molar-refractivity contribution is 6.31. The highest BCUT2D eigenvalue weighted by Crippen LogP contribution is 2.30. The summed E-state index contributed by atoms with van der Waals surface area (Å²) in [7, 11) is 3.06. The summed E-state index contributed by atoms with van der Waals surface area (Å²) in [6.07, 6.45) is 0. The second-order valence-corrected chi connectivity index (χ2v) is 8.36. The van der Waals surface area contributed by atoms with Gasteiger partial charge in [-0.2, -0.15) is 5.10 Å². The van der Waals surface area contributed by atoms with Crippen molar-refractivity contribution in [1.82, 2.24) is 14.3 Å². The molecule has 0 saturated carbocycles. The van der Waals surface area contributed by atoms with Crippen molar-refractivity contribution in [2.24, 2.45) is 0 Å². The van der Waals surface area contributed by atoms with E-state index < -0.39 is 0 Å². The molecule has 0 saturated heterocycles. The standard InChI is InChI=1S/C25H25ClN4O4/c1-14-11-23(32)29(13-22(31)27-17-9-10-20(33-4)21(12-17)34-5)25-24(14)16(3)28-30(25)19-8-6-7-18(26)15(19)2/h6-12H,13H2,1-5H3,(H,27,31). The van der Waals surface area contributed by atoms with E-state index in [1.165, 1.54) is 24.9 Å². The molecule has 0 aliphatic heterocycles. The fourth-order valence-electron chi connectivity index (χ4n) is 4.07. The Balaban J connectivity index is 1.79. The molecule has 0 atom stereocenters. The number of pyridine rings is 1. The maximum Gasteiger partial charge on any atom is 0.252 e. The molecule has 0 aliphatic carbocycles. The van der Waals surface area contributed by atoms with E-state index in [0.717, 1.165) is 27.9 Å². The van der Waals surface area contributed by atoms with Crippen molar-refractivity contribution in [2.45, 2.75) is 27.3 Å². The Morgan fingerprint density at radius 1 is 1.06 bits per heavy atom. The third kappa shape index (κ3) is 4.12. The van der Waals surface area contributed by atoms with Gasteiger partial charge < -0.3 is 14.8 Å². The average molecular weight is 481 g/mol. The molecule has 9 heteroatoms. The van der Waals surface area contributed by atoms with E-state index in [0.29, 0.717) is 27.9 Å². The summed E-state index contributed by atoms with van der Waals surface area (Å²) in [4.78, 5) is 26.0. The van der Waals surface area contributed by atoms with E-state index in [2.05, 4.69) is 5.32 Å². The van der Waals surface area contributed by atoms with E-state index in [-0.39, 0.29) is 18.0 Å². The smallest absolute Gasteiger partial charge is 0.252 e. The maximum atomic E-state index is 13.0. The number of carbonyl (C=O) groups excluding carboxylic acids is 1. The SMILES string of the molecule is COc1ccc(NC(=O)Cn2c(=O)cc(C)c3c(C)nn(-c4cccc(Cl)c4C)c32)cc1OC. The van der Waals surface area contributed by atoms with Crippen LogP contribution in [0.25, 0.3) is 16.7 Å². The van der Waals surface area contributed by atoms with Crippen molar-refractivity contribution in [3.8, 4) is 17.2 Å². The Hall–Kier alpha value is -3.78. The zero-order valence-corrected chi connectivity index (χ0v) is 20.4. The zero-order valence-electron chi connectivity index (χ0n) is 19.6. The predicted octanol–water partition coefficient (Wildman–Crippen LogP) is 4.42. The van der Waals surface area contributed by atoms with Gasteiger partial charge in [0.05, 0.1) is 25.6 Å². The van der Waals surface area contributed by atoms with Gasteiger partial charge >= 0.3 is 0 Å². The lowest BCUT2D eigenvalue weighted by Crippen LogP contribution is -2.29. The van der Waals surface area contributed by atoms with Crippen molar-refractivity contribution >= 4 is 34.2 Å². The molecule has 4 rings (SSSR count). The van der Waals surface area contributed by atoms with Crippen LogP contribution in [0.4, 0.5) is 5.69 Å². The molecule has 8 nitrogen and oxygen atoms in total. The quantitative estimate of drug-likeness (QED) is 0.441. The number of carbonyl (C=O) groups is 1. The molecular weight excluding hydrogens is 456 g/mol. The normalized spacial score (nSPS) is 11.0. The van der Waals surface area contributed by atoms with Gasteiger partial charge in [-0.3, -0.25) is 14.2 Å². The minimum Gasteiger partial charge on any atom is -0.493 e. The van der Waals surface area contributed by atoms with Crippen LogP contribution in [0.3, 0.4) is 0 Å². The largest absolute Gasteiger partial charge is 0.493 e. The second-order valence-electron chi connectivity index (χ2n) is 7.95. The van der Waals surface area contributed by atoms with Crippen LogP contribution < -0.4 is 20.3 Å². The van der Waals surface area contributed by atoms with Gasteiger partial charge in [-0.05, 0) is 56.2 Å². The molecule has 0 unspecified atom stereocenters. The predicted molar refractivity (Wildman–Crippen MR) is 133 cm³/mol. The highest BCUT2D eigenvalue weighted by atomic mass is 35.5. The van der Waals surface area contributed by atoms with Gasteiger partial charge in [-0.25, -0.2) is 4.68 Å². The molecule has 0 spiro atoms. The molecule has 0 fully saturated rings. The first-order valence-electron chi connectivity index (χ1n) is 10.6. The average Bonchev–Trinajstić information content (AvgIpc) is 3.15. The van der Waals surface area contributed by atoms with Crippen LogP contribution in [0.1, 0.15) is 16.8 Å².